The van der Waals surface area contributed by atoms with E-state index in [0.29, 0.717) is 12.1 Å². The van der Waals surface area contributed by atoms with Gasteiger partial charge in [0.05, 0.1) is 6.61 Å². The van der Waals surface area contributed by atoms with Crippen molar-refractivity contribution in [2.75, 3.05) is 13.2 Å². The van der Waals surface area contributed by atoms with Crippen LogP contribution in [0.4, 0.5) is 0 Å². The Balaban J connectivity index is 2.27. The standard InChI is InChI=1S/C16H27NO/c1-13(2)17(14(3)4)11-6-12-18-16-9-7-15(5)8-10-16/h7-10,13-14H,6,11-12H2,1-5H3. The van der Waals surface area contributed by atoms with Gasteiger partial charge in [-0.25, -0.2) is 0 Å². The zero-order valence-electron chi connectivity index (χ0n) is 12.4. The van der Waals surface area contributed by atoms with Crippen molar-refractivity contribution in [3.63, 3.8) is 0 Å². The minimum atomic E-state index is 0.601. The SMILES string of the molecule is Cc1ccc(OCCCN(C(C)C)C(C)C)cc1. The molecule has 1 aromatic rings. The van der Waals surface area contributed by atoms with E-state index in [4.69, 9.17) is 4.74 Å². The molecule has 0 bridgehead atoms. The van der Waals surface area contributed by atoms with Gasteiger partial charge in [-0.15, -0.1) is 0 Å². The van der Waals surface area contributed by atoms with Crippen LogP contribution in [0.5, 0.6) is 5.75 Å². The maximum absolute atomic E-state index is 5.74. The Labute approximate surface area is 112 Å². The number of benzene rings is 1. The summed E-state index contributed by atoms with van der Waals surface area (Å²) < 4.78 is 5.74. The number of hydrogen-bond acceptors (Lipinski definition) is 2. The molecule has 1 aromatic carbocycles. The van der Waals surface area contributed by atoms with E-state index >= 15 is 0 Å². The Morgan fingerprint density at radius 1 is 1.00 bits per heavy atom. The quantitative estimate of drug-likeness (QED) is 0.680. The van der Waals surface area contributed by atoms with Gasteiger partial charge in [0.1, 0.15) is 5.75 Å². The van der Waals surface area contributed by atoms with Gasteiger partial charge in [-0.05, 0) is 53.2 Å². The normalized spacial score (nSPS) is 11.6. The van der Waals surface area contributed by atoms with Crippen LogP contribution >= 0.6 is 0 Å². The van der Waals surface area contributed by atoms with Gasteiger partial charge in [0.25, 0.3) is 0 Å². The largest absolute Gasteiger partial charge is 0.494 e. The van der Waals surface area contributed by atoms with E-state index in [9.17, 15) is 0 Å². The van der Waals surface area contributed by atoms with Crippen molar-refractivity contribution in [2.24, 2.45) is 0 Å². The predicted octanol–water partition coefficient (Wildman–Crippen LogP) is 3.88. The van der Waals surface area contributed by atoms with Crippen LogP contribution in [0.1, 0.15) is 39.7 Å². The second-order valence-electron chi connectivity index (χ2n) is 5.44. The summed E-state index contributed by atoms with van der Waals surface area (Å²) in [4.78, 5) is 2.50. The fourth-order valence-corrected chi connectivity index (χ4v) is 2.18. The van der Waals surface area contributed by atoms with Gasteiger partial charge >= 0.3 is 0 Å². The van der Waals surface area contributed by atoms with Crippen LogP contribution in [-0.2, 0) is 0 Å². The molecule has 0 aliphatic heterocycles. The number of rotatable bonds is 7. The van der Waals surface area contributed by atoms with Crippen LogP contribution in [0.15, 0.2) is 24.3 Å². The van der Waals surface area contributed by atoms with E-state index < -0.39 is 0 Å². The predicted molar refractivity (Wildman–Crippen MR) is 78.3 cm³/mol. The summed E-state index contributed by atoms with van der Waals surface area (Å²) in [5.74, 6) is 0.973. The first-order valence-electron chi connectivity index (χ1n) is 6.96. The summed E-state index contributed by atoms with van der Waals surface area (Å²) in [6.45, 7) is 13.0. The molecule has 2 nitrogen and oxygen atoms in total. The van der Waals surface area contributed by atoms with E-state index in [2.05, 4.69) is 51.7 Å². The van der Waals surface area contributed by atoms with Gasteiger partial charge in [0, 0.05) is 18.6 Å². The summed E-state index contributed by atoms with van der Waals surface area (Å²) in [6, 6.07) is 9.46. The van der Waals surface area contributed by atoms with Gasteiger partial charge < -0.3 is 4.74 Å². The first-order chi connectivity index (χ1) is 8.50. The molecule has 0 saturated carbocycles. The van der Waals surface area contributed by atoms with E-state index in [1.54, 1.807) is 0 Å². The lowest BCUT2D eigenvalue weighted by Crippen LogP contribution is -2.38. The maximum atomic E-state index is 5.74. The number of aryl methyl sites for hydroxylation is 1. The first-order valence-corrected chi connectivity index (χ1v) is 6.96. The van der Waals surface area contributed by atoms with Gasteiger partial charge in [-0.2, -0.15) is 0 Å². The van der Waals surface area contributed by atoms with Crippen molar-refractivity contribution in [3.05, 3.63) is 29.8 Å². The van der Waals surface area contributed by atoms with Gasteiger partial charge in [0.2, 0.25) is 0 Å². The third-order valence-corrected chi connectivity index (χ3v) is 3.18. The molecule has 0 heterocycles. The second-order valence-corrected chi connectivity index (χ2v) is 5.44. The Kier molecular flexibility index (Phi) is 6.20. The maximum Gasteiger partial charge on any atom is 0.119 e. The molecule has 0 fully saturated rings. The van der Waals surface area contributed by atoms with Crippen LogP contribution < -0.4 is 4.74 Å². The highest BCUT2D eigenvalue weighted by Crippen LogP contribution is 2.12. The molecule has 0 aromatic heterocycles. The Hall–Kier alpha value is -1.02. The molecule has 0 aliphatic rings. The van der Waals surface area contributed by atoms with Crippen LogP contribution in [0.3, 0.4) is 0 Å². The lowest BCUT2D eigenvalue weighted by molar-refractivity contribution is 0.160. The minimum absolute atomic E-state index is 0.601. The Bertz CT molecular complexity index is 321. The van der Waals surface area contributed by atoms with Gasteiger partial charge in [-0.1, -0.05) is 17.7 Å². The highest BCUT2D eigenvalue weighted by Gasteiger charge is 2.12. The van der Waals surface area contributed by atoms with Crippen molar-refractivity contribution < 1.29 is 4.74 Å². The molecule has 0 radical (unpaired) electrons. The molecule has 0 saturated heterocycles. The third kappa shape index (κ3) is 5.09. The smallest absolute Gasteiger partial charge is 0.119 e. The minimum Gasteiger partial charge on any atom is -0.494 e. The Morgan fingerprint density at radius 3 is 2.06 bits per heavy atom. The molecule has 102 valence electrons. The van der Waals surface area contributed by atoms with Crippen LogP contribution in [0.2, 0.25) is 0 Å². The summed E-state index contributed by atoms with van der Waals surface area (Å²) in [7, 11) is 0. The van der Waals surface area contributed by atoms with E-state index in [0.717, 1.165) is 25.3 Å². The lowest BCUT2D eigenvalue weighted by Gasteiger charge is -2.30. The molecule has 0 aliphatic carbocycles. The van der Waals surface area contributed by atoms with Crippen molar-refractivity contribution in [3.8, 4) is 5.75 Å². The van der Waals surface area contributed by atoms with E-state index in [1.807, 2.05) is 12.1 Å². The van der Waals surface area contributed by atoms with Crippen molar-refractivity contribution >= 4 is 0 Å². The molecule has 0 atom stereocenters. The number of nitrogens with zero attached hydrogens (tertiary/aromatic N) is 1. The zero-order valence-corrected chi connectivity index (χ0v) is 12.4. The third-order valence-electron chi connectivity index (χ3n) is 3.18. The number of ether oxygens (including phenoxy) is 1. The fourth-order valence-electron chi connectivity index (χ4n) is 2.18. The zero-order chi connectivity index (χ0) is 13.5. The molecule has 0 amide bonds. The van der Waals surface area contributed by atoms with Crippen LogP contribution in [-0.4, -0.2) is 30.1 Å². The monoisotopic (exact) mass is 249 g/mol. The topological polar surface area (TPSA) is 12.5 Å². The van der Waals surface area contributed by atoms with Gasteiger partial charge in [0.15, 0.2) is 0 Å². The summed E-state index contributed by atoms with van der Waals surface area (Å²) in [5, 5.41) is 0. The van der Waals surface area contributed by atoms with Crippen LogP contribution in [0.25, 0.3) is 0 Å². The summed E-state index contributed by atoms with van der Waals surface area (Å²) in [6.07, 6.45) is 1.07. The summed E-state index contributed by atoms with van der Waals surface area (Å²) in [5.41, 5.74) is 1.27. The van der Waals surface area contributed by atoms with E-state index in [-0.39, 0.29) is 0 Å². The van der Waals surface area contributed by atoms with Crippen molar-refractivity contribution in [2.45, 2.75) is 53.1 Å². The lowest BCUT2D eigenvalue weighted by atomic mass is 10.2. The molecule has 0 spiro atoms. The average Bonchev–Trinajstić information content (AvgIpc) is 2.30. The molecule has 0 N–H and O–H groups in total. The second kappa shape index (κ2) is 7.42. The van der Waals surface area contributed by atoms with E-state index in [1.165, 1.54) is 5.56 Å². The highest BCUT2D eigenvalue weighted by molar-refractivity contribution is 5.26. The van der Waals surface area contributed by atoms with Crippen LogP contribution in [0, 0.1) is 6.92 Å². The van der Waals surface area contributed by atoms with Crippen molar-refractivity contribution in [1.29, 1.82) is 0 Å². The Morgan fingerprint density at radius 2 is 1.56 bits per heavy atom. The molecule has 18 heavy (non-hydrogen) atoms. The average molecular weight is 249 g/mol. The number of hydrogen-bond donors (Lipinski definition) is 0. The fraction of sp³-hybridized carbons (Fsp3) is 0.625. The highest BCUT2D eigenvalue weighted by atomic mass is 16.5. The molecular weight excluding hydrogens is 222 g/mol. The molecule has 2 heteroatoms. The summed E-state index contributed by atoms with van der Waals surface area (Å²) >= 11 is 0. The first kappa shape index (κ1) is 15.0. The van der Waals surface area contributed by atoms with Gasteiger partial charge in [-0.3, -0.25) is 4.90 Å². The molecule has 0 unspecified atom stereocenters. The van der Waals surface area contributed by atoms with Crippen molar-refractivity contribution in [1.82, 2.24) is 4.90 Å². The molecular formula is C16H27NO. The molecule has 1 rings (SSSR count).